The molecule has 0 aromatic heterocycles. The molecule has 2 unspecified atom stereocenters. The molecule has 0 spiro atoms. The van der Waals surface area contributed by atoms with E-state index in [9.17, 15) is 5.11 Å². The summed E-state index contributed by atoms with van der Waals surface area (Å²) >= 11 is 6.12. The lowest BCUT2D eigenvalue weighted by Crippen LogP contribution is -2.26. The fraction of sp³-hybridized carbons (Fsp3) is 0.538. The minimum absolute atomic E-state index is 0.282. The van der Waals surface area contributed by atoms with Crippen molar-refractivity contribution < 1.29 is 9.84 Å². The Morgan fingerprint density at radius 1 is 1.41 bits per heavy atom. The van der Waals surface area contributed by atoms with Crippen LogP contribution in [0.25, 0.3) is 0 Å². The highest BCUT2D eigenvalue weighted by Gasteiger charge is 2.15. The van der Waals surface area contributed by atoms with E-state index in [0.29, 0.717) is 17.3 Å². The van der Waals surface area contributed by atoms with Crippen molar-refractivity contribution in [3.63, 3.8) is 0 Å². The summed E-state index contributed by atoms with van der Waals surface area (Å²) in [5.41, 5.74) is 1.01. The molecule has 0 aliphatic heterocycles. The van der Waals surface area contributed by atoms with E-state index in [1.165, 1.54) is 0 Å². The lowest BCUT2D eigenvalue weighted by atomic mass is 10.2. The van der Waals surface area contributed by atoms with Crippen LogP contribution in [-0.2, 0) is 6.54 Å². The SMILES string of the molecule is CCNCc1cccc(Cl)c1OC(C)C(C)O. The van der Waals surface area contributed by atoms with Crippen molar-refractivity contribution in [2.45, 2.75) is 39.5 Å². The summed E-state index contributed by atoms with van der Waals surface area (Å²) in [6.45, 7) is 7.16. The van der Waals surface area contributed by atoms with Gasteiger partial charge in [0.05, 0.1) is 11.1 Å². The maximum Gasteiger partial charge on any atom is 0.142 e. The topological polar surface area (TPSA) is 41.5 Å². The van der Waals surface area contributed by atoms with Gasteiger partial charge in [0, 0.05) is 12.1 Å². The molecule has 4 heteroatoms. The number of aliphatic hydroxyl groups excluding tert-OH is 1. The van der Waals surface area contributed by atoms with Crippen molar-refractivity contribution in [1.82, 2.24) is 5.32 Å². The molecular formula is C13H20ClNO2. The number of hydrogen-bond acceptors (Lipinski definition) is 3. The van der Waals surface area contributed by atoms with Crippen LogP contribution in [0.5, 0.6) is 5.75 Å². The van der Waals surface area contributed by atoms with Crippen LogP contribution in [0.2, 0.25) is 5.02 Å². The second-order valence-electron chi connectivity index (χ2n) is 4.07. The van der Waals surface area contributed by atoms with Gasteiger partial charge in [-0.2, -0.15) is 0 Å². The summed E-state index contributed by atoms with van der Waals surface area (Å²) in [6.07, 6.45) is -0.812. The summed E-state index contributed by atoms with van der Waals surface area (Å²) < 4.78 is 5.71. The van der Waals surface area contributed by atoms with Gasteiger partial charge in [0.1, 0.15) is 11.9 Å². The van der Waals surface area contributed by atoms with Gasteiger partial charge in [-0.25, -0.2) is 0 Å². The zero-order valence-corrected chi connectivity index (χ0v) is 11.3. The maximum absolute atomic E-state index is 9.46. The molecule has 1 aromatic rings. The normalized spacial score (nSPS) is 14.4. The van der Waals surface area contributed by atoms with Crippen LogP contribution in [0.3, 0.4) is 0 Å². The molecule has 1 rings (SSSR count). The second kappa shape index (κ2) is 6.84. The number of benzene rings is 1. The molecule has 0 aliphatic carbocycles. The Morgan fingerprint density at radius 2 is 2.12 bits per heavy atom. The third-order valence-electron chi connectivity index (χ3n) is 2.60. The fourth-order valence-corrected chi connectivity index (χ4v) is 1.61. The Morgan fingerprint density at radius 3 is 2.71 bits per heavy atom. The molecule has 0 heterocycles. The van der Waals surface area contributed by atoms with Crippen molar-refractivity contribution in [2.24, 2.45) is 0 Å². The number of nitrogens with one attached hydrogen (secondary N) is 1. The Kier molecular flexibility index (Phi) is 5.75. The number of ether oxygens (including phenoxy) is 1. The lowest BCUT2D eigenvalue weighted by Gasteiger charge is -2.20. The number of para-hydroxylation sites is 1. The van der Waals surface area contributed by atoms with Gasteiger partial charge in [0.25, 0.3) is 0 Å². The van der Waals surface area contributed by atoms with Gasteiger partial charge in [-0.3, -0.25) is 0 Å². The second-order valence-corrected chi connectivity index (χ2v) is 4.48. The molecule has 0 saturated heterocycles. The molecule has 0 saturated carbocycles. The first-order chi connectivity index (χ1) is 8.06. The minimum Gasteiger partial charge on any atom is -0.486 e. The number of hydrogen-bond donors (Lipinski definition) is 2. The number of aliphatic hydroxyl groups is 1. The average molecular weight is 258 g/mol. The molecule has 1 aromatic carbocycles. The lowest BCUT2D eigenvalue weighted by molar-refractivity contribution is 0.0598. The molecule has 2 N–H and O–H groups in total. The van der Waals surface area contributed by atoms with Crippen LogP contribution in [-0.4, -0.2) is 23.9 Å². The highest BCUT2D eigenvalue weighted by Crippen LogP contribution is 2.29. The van der Waals surface area contributed by atoms with E-state index in [1.807, 2.05) is 26.0 Å². The van der Waals surface area contributed by atoms with Gasteiger partial charge in [-0.05, 0) is 26.5 Å². The summed E-state index contributed by atoms with van der Waals surface area (Å²) in [7, 11) is 0. The van der Waals surface area contributed by atoms with Gasteiger partial charge in [-0.1, -0.05) is 30.7 Å². The highest BCUT2D eigenvalue weighted by atomic mass is 35.5. The van der Waals surface area contributed by atoms with Crippen LogP contribution in [0.1, 0.15) is 26.3 Å². The van der Waals surface area contributed by atoms with Gasteiger partial charge < -0.3 is 15.2 Å². The monoisotopic (exact) mass is 257 g/mol. The van der Waals surface area contributed by atoms with Crippen molar-refractivity contribution in [3.8, 4) is 5.75 Å². The maximum atomic E-state index is 9.46. The van der Waals surface area contributed by atoms with Crippen LogP contribution >= 0.6 is 11.6 Å². The van der Waals surface area contributed by atoms with Gasteiger partial charge in [-0.15, -0.1) is 0 Å². The Balaban J connectivity index is 2.87. The molecule has 96 valence electrons. The first-order valence-corrected chi connectivity index (χ1v) is 6.26. The van der Waals surface area contributed by atoms with Crippen molar-refractivity contribution in [1.29, 1.82) is 0 Å². The molecule has 0 radical (unpaired) electrons. The van der Waals surface area contributed by atoms with E-state index in [-0.39, 0.29) is 6.10 Å². The molecular weight excluding hydrogens is 238 g/mol. The van der Waals surface area contributed by atoms with Crippen LogP contribution in [0, 0.1) is 0 Å². The van der Waals surface area contributed by atoms with E-state index in [2.05, 4.69) is 5.32 Å². The van der Waals surface area contributed by atoms with E-state index >= 15 is 0 Å². The summed E-state index contributed by atoms with van der Waals surface area (Å²) in [5.74, 6) is 0.656. The van der Waals surface area contributed by atoms with E-state index < -0.39 is 6.10 Å². The first-order valence-electron chi connectivity index (χ1n) is 5.89. The van der Waals surface area contributed by atoms with Crippen molar-refractivity contribution in [2.75, 3.05) is 6.54 Å². The fourth-order valence-electron chi connectivity index (χ4n) is 1.37. The minimum atomic E-state index is -0.529. The largest absolute Gasteiger partial charge is 0.486 e. The Labute approximate surface area is 108 Å². The third kappa shape index (κ3) is 4.19. The Bertz CT molecular complexity index is 355. The Hall–Kier alpha value is -0.770. The predicted octanol–water partition coefficient (Wildman–Crippen LogP) is 2.60. The highest BCUT2D eigenvalue weighted by molar-refractivity contribution is 6.32. The summed E-state index contributed by atoms with van der Waals surface area (Å²) in [6, 6.07) is 5.66. The molecule has 17 heavy (non-hydrogen) atoms. The quantitative estimate of drug-likeness (QED) is 0.823. The molecule has 0 bridgehead atoms. The molecule has 3 nitrogen and oxygen atoms in total. The van der Waals surface area contributed by atoms with Crippen LogP contribution in [0.4, 0.5) is 0 Å². The third-order valence-corrected chi connectivity index (χ3v) is 2.89. The first kappa shape index (κ1) is 14.3. The smallest absolute Gasteiger partial charge is 0.142 e. The predicted molar refractivity (Wildman–Crippen MR) is 70.6 cm³/mol. The number of halogens is 1. The van der Waals surface area contributed by atoms with Crippen molar-refractivity contribution >= 4 is 11.6 Å². The van der Waals surface area contributed by atoms with E-state index in [0.717, 1.165) is 12.1 Å². The van der Waals surface area contributed by atoms with E-state index in [4.69, 9.17) is 16.3 Å². The van der Waals surface area contributed by atoms with Gasteiger partial charge >= 0.3 is 0 Å². The molecule has 0 aliphatic rings. The van der Waals surface area contributed by atoms with Gasteiger partial charge in [0.2, 0.25) is 0 Å². The number of rotatable bonds is 6. The van der Waals surface area contributed by atoms with Crippen LogP contribution in [0.15, 0.2) is 18.2 Å². The van der Waals surface area contributed by atoms with Crippen molar-refractivity contribution in [3.05, 3.63) is 28.8 Å². The zero-order valence-electron chi connectivity index (χ0n) is 10.5. The zero-order chi connectivity index (χ0) is 12.8. The molecule has 2 atom stereocenters. The average Bonchev–Trinajstić information content (AvgIpc) is 2.29. The van der Waals surface area contributed by atoms with E-state index in [1.54, 1.807) is 13.0 Å². The van der Waals surface area contributed by atoms with Crippen LogP contribution < -0.4 is 10.1 Å². The van der Waals surface area contributed by atoms with Gasteiger partial charge in [0.15, 0.2) is 0 Å². The summed E-state index contributed by atoms with van der Waals surface area (Å²) in [4.78, 5) is 0. The molecule has 0 amide bonds. The summed E-state index contributed by atoms with van der Waals surface area (Å²) in [5, 5.41) is 13.3. The standard InChI is InChI=1S/C13H20ClNO2/c1-4-15-8-11-6-5-7-12(14)13(11)17-10(3)9(2)16/h5-7,9-10,15-16H,4,8H2,1-3H3. The molecule has 0 fully saturated rings.